The molecule has 1 aromatic heterocycles. The minimum absolute atomic E-state index is 0.0673. The van der Waals surface area contributed by atoms with E-state index < -0.39 is 0 Å². The highest BCUT2D eigenvalue weighted by Crippen LogP contribution is 2.51. The third-order valence-electron chi connectivity index (χ3n) is 7.90. The zero-order valence-electron chi connectivity index (χ0n) is 21.8. The normalized spacial score (nSPS) is 23.9. The third kappa shape index (κ3) is 5.99. The van der Waals surface area contributed by atoms with E-state index in [9.17, 15) is 4.79 Å². The van der Waals surface area contributed by atoms with Gasteiger partial charge in [-0.15, -0.1) is 0 Å². The number of ether oxygens (including phenoxy) is 3. The minimum atomic E-state index is -0.298. The van der Waals surface area contributed by atoms with E-state index in [4.69, 9.17) is 25.8 Å². The van der Waals surface area contributed by atoms with Crippen molar-refractivity contribution < 1.29 is 19.0 Å². The lowest BCUT2D eigenvalue weighted by Crippen LogP contribution is -2.54. The molecule has 0 spiro atoms. The summed E-state index contributed by atoms with van der Waals surface area (Å²) in [5.41, 5.74) is 0.0673. The van der Waals surface area contributed by atoms with Crippen LogP contribution in [0.15, 0.2) is 24.4 Å². The van der Waals surface area contributed by atoms with Crippen LogP contribution in [0.1, 0.15) is 65.7 Å². The van der Waals surface area contributed by atoms with E-state index in [0.29, 0.717) is 22.6 Å². The second-order valence-electron chi connectivity index (χ2n) is 10.3. The Balaban J connectivity index is 1.51. The molecule has 1 unspecified atom stereocenters. The van der Waals surface area contributed by atoms with E-state index >= 15 is 0 Å². The van der Waals surface area contributed by atoms with E-state index in [0.717, 1.165) is 42.9 Å². The van der Waals surface area contributed by atoms with Crippen LogP contribution in [-0.2, 0) is 4.74 Å². The van der Waals surface area contributed by atoms with Crippen LogP contribution in [-0.4, -0.2) is 47.9 Å². The average Bonchev–Trinajstić information content (AvgIpc) is 2.88. The molecule has 1 aromatic carbocycles. The summed E-state index contributed by atoms with van der Waals surface area (Å²) in [4.78, 5) is 16.9. The average molecular weight is 535 g/mol. The number of nitrogens with zero attached hydrogens (tertiary/aromatic N) is 1. The van der Waals surface area contributed by atoms with Crippen LogP contribution in [0.5, 0.6) is 11.6 Å². The van der Waals surface area contributed by atoms with Gasteiger partial charge in [0.2, 0.25) is 5.88 Å². The Morgan fingerprint density at radius 2 is 1.94 bits per heavy atom. The quantitative estimate of drug-likeness (QED) is 0.384. The number of thioether (sulfide) groups is 1. The molecule has 198 valence electrons. The molecule has 6 nitrogen and oxygen atoms in total. The second-order valence-corrected chi connectivity index (χ2v) is 12.0. The lowest BCUT2D eigenvalue weighted by Gasteiger charge is -2.51. The number of amides is 1. The molecular weight excluding hydrogens is 496 g/mol. The van der Waals surface area contributed by atoms with Gasteiger partial charge in [-0.3, -0.25) is 0 Å². The molecule has 1 atom stereocenters. The number of benzene rings is 1. The first-order valence-electron chi connectivity index (χ1n) is 13.2. The Kier molecular flexibility index (Phi) is 9.15. The fourth-order valence-electron chi connectivity index (χ4n) is 6.18. The van der Waals surface area contributed by atoms with Crippen molar-refractivity contribution in [2.75, 3.05) is 18.6 Å². The molecule has 1 aliphatic heterocycles. The van der Waals surface area contributed by atoms with Gasteiger partial charge in [0, 0.05) is 17.6 Å². The molecule has 2 heterocycles. The van der Waals surface area contributed by atoms with E-state index in [2.05, 4.69) is 17.2 Å². The fraction of sp³-hybridized carbons (Fsp3) is 0.643. The number of nitrogens with one attached hydrogen (secondary N) is 1. The zero-order chi connectivity index (χ0) is 25.7. The molecule has 2 aromatic rings. The number of halogens is 1. The van der Waals surface area contributed by atoms with Gasteiger partial charge in [0.15, 0.2) is 0 Å². The summed E-state index contributed by atoms with van der Waals surface area (Å²) < 4.78 is 17.3. The molecular formula is C28H39ClN2O4S. The van der Waals surface area contributed by atoms with Crippen molar-refractivity contribution in [3.8, 4) is 11.6 Å². The molecule has 8 heteroatoms. The Labute approximate surface area is 224 Å². The smallest absolute Gasteiger partial charge is 0.407 e. The molecule has 0 bridgehead atoms. The fourth-order valence-corrected chi connectivity index (χ4v) is 7.50. The van der Waals surface area contributed by atoms with Crippen LogP contribution >= 0.6 is 23.4 Å². The summed E-state index contributed by atoms with van der Waals surface area (Å²) >= 11 is 8.67. The van der Waals surface area contributed by atoms with Gasteiger partial charge in [0.05, 0.1) is 24.3 Å². The highest BCUT2D eigenvalue weighted by Gasteiger charge is 2.48. The van der Waals surface area contributed by atoms with Crippen molar-refractivity contribution in [3.05, 3.63) is 29.4 Å². The number of hydrogen-bond acceptors (Lipinski definition) is 6. The van der Waals surface area contributed by atoms with Gasteiger partial charge in [-0.05, 0) is 105 Å². The van der Waals surface area contributed by atoms with Crippen molar-refractivity contribution in [2.45, 2.75) is 84.0 Å². The van der Waals surface area contributed by atoms with Crippen molar-refractivity contribution in [1.82, 2.24) is 10.3 Å². The molecule has 0 radical (unpaired) electrons. The molecule has 4 rings (SSSR count). The lowest BCUT2D eigenvalue weighted by atomic mass is 9.59. The van der Waals surface area contributed by atoms with Gasteiger partial charge in [0.1, 0.15) is 5.75 Å². The number of methoxy groups -OCH3 is 1. The van der Waals surface area contributed by atoms with Crippen molar-refractivity contribution in [1.29, 1.82) is 0 Å². The first kappa shape index (κ1) is 27.2. The SMILES string of the molecule is CCC(NC(=O)OC(C)C)[C@]1(C2CCSCC2)CC[C@H](Oc2cc3ccnc(OC)c3cc2Cl)CC1. The molecule has 1 amide bonds. The topological polar surface area (TPSA) is 69.7 Å². The van der Waals surface area contributed by atoms with Crippen molar-refractivity contribution in [2.24, 2.45) is 11.3 Å². The van der Waals surface area contributed by atoms with Gasteiger partial charge in [-0.1, -0.05) is 18.5 Å². The predicted molar refractivity (Wildman–Crippen MR) is 148 cm³/mol. The Morgan fingerprint density at radius 1 is 1.22 bits per heavy atom. The summed E-state index contributed by atoms with van der Waals surface area (Å²) in [5, 5.41) is 5.70. The number of pyridine rings is 1. The standard InChI is InChI=1S/C28H39ClN2O4S/c1-5-25(31-27(32)34-18(2)3)28(20-9-14-36-15-10-20)11-6-21(7-12-28)35-24-16-19-8-13-30-26(33-4)22(19)17-23(24)29/h8,13,16-18,20-21,25H,5-7,9-12,14-15H2,1-4H3,(H,31,32)/t21-,25?,28+. The molecule has 1 aliphatic carbocycles. The first-order valence-corrected chi connectivity index (χ1v) is 14.7. The number of aromatic nitrogens is 1. The Morgan fingerprint density at radius 3 is 2.58 bits per heavy atom. The highest BCUT2D eigenvalue weighted by molar-refractivity contribution is 7.99. The van der Waals surface area contributed by atoms with E-state index in [1.165, 1.54) is 24.3 Å². The van der Waals surface area contributed by atoms with Gasteiger partial charge in [-0.25, -0.2) is 9.78 Å². The summed E-state index contributed by atoms with van der Waals surface area (Å²) in [6, 6.07) is 5.91. The molecule has 1 N–H and O–H groups in total. The third-order valence-corrected chi connectivity index (χ3v) is 9.25. The minimum Gasteiger partial charge on any atom is -0.489 e. The zero-order valence-corrected chi connectivity index (χ0v) is 23.4. The summed E-state index contributed by atoms with van der Waals surface area (Å²) in [6.07, 6.45) is 8.64. The molecule has 1 saturated heterocycles. The van der Waals surface area contributed by atoms with E-state index in [1.54, 1.807) is 13.3 Å². The predicted octanol–water partition coefficient (Wildman–Crippen LogP) is 7.26. The van der Waals surface area contributed by atoms with E-state index in [-0.39, 0.29) is 29.8 Å². The number of alkyl carbamates (subject to hydrolysis) is 1. The Bertz CT molecular complexity index is 1040. The lowest BCUT2D eigenvalue weighted by molar-refractivity contribution is -0.00231. The van der Waals surface area contributed by atoms with Crippen LogP contribution in [0.2, 0.25) is 5.02 Å². The number of carbonyl (C=O) groups excluding carboxylic acids is 1. The largest absolute Gasteiger partial charge is 0.489 e. The van der Waals surface area contributed by atoms with Crippen LogP contribution in [0, 0.1) is 11.3 Å². The monoisotopic (exact) mass is 534 g/mol. The maximum Gasteiger partial charge on any atom is 0.407 e. The van der Waals surface area contributed by atoms with Crippen LogP contribution in [0.3, 0.4) is 0 Å². The van der Waals surface area contributed by atoms with Crippen LogP contribution in [0.4, 0.5) is 4.79 Å². The number of rotatable bonds is 8. The van der Waals surface area contributed by atoms with Crippen molar-refractivity contribution in [3.63, 3.8) is 0 Å². The van der Waals surface area contributed by atoms with Gasteiger partial charge in [-0.2, -0.15) is 11.8 Å². The molecule has 36 heavy (non-hydrogen) atoms. The second kappa shape index (κ2) is 12.1. The Hall–Kier alpha value is -1.86. The van der Waals surface area contributed by atoms with Gasteiger partial charge >= 0.3 is 6.09 Å². The summed E-state index contributed by atoms with van der Waals surface area (Å²) in [7, 11) is 1.61. The number of carbonyl (C=O) groups is 1. The van der Waals surface area contributed by atoms with Crippen LogP contribution in [0.25, 0.3) is 10.8 Å². The maximum absolute atomic E-state index is 12.6. The molecule has 2 fully saturated rings. The van der Waals surface area contributed by atoms with E-state index in [1.807, 2.05) is 43.8 Å². The summed E-state index contributed by atoms with van der Waals surface area (Å²) in [5.74, 6) is 4.26. The van der Waals surface area contributed by atoms with Crippen LogP contribution < -0.4 is 14.8 Å². The highest BCUT2D eigenvalue weighted by atomic mass is 35.5. The number of hydrogen-bond donors (Lipinski definition) is 1. The van der Waals surface area contributed by atoms with Gasteiger partial charge in [0.25, 0.3) is 0 Å². The van der Waals surface area contributed by atoms with Crippen molar-refractivity contribution >= 4 is 40.2 Å². The van der Waals surface area contributed by atoms with Gasteiger partial charge < -0.3 is 19.5 Å². The molecule has 2 aliphatic rings. The summed E-state index contributed by atoms with van der Waals surface area (Å²) in [6.45, 7) is 5.96. The first-order chi connectivity index (χ1) is 17.4. The maximum atomic E-state index is 12.6. The number of fused-ring (bicyclic) bond motifs is 1. The molecule has 1 saturated carbocycles.